The third-order valence-electron chi connectivity index (χ3n) is 9.21. The second kappa shape index (κ2) is 14.1. The minimum atomic E-state index is -4.94. The van der Waals surface area contributed by atoms with E-state index >= 15 is 0 Å². The molecule has 2 unspecified atom stereocenters. The molecule has 0 N–H and O–H groups in total. The van der Waals surface area contributed by atoms with Gasteiger partial charge in [0.1, 0.15) is 15.9 Å². The molecule has 12 heteroatoms. The molecule has 2 bridgehead atoms. The van der Waals surface area contributed by atoms with Crippen molar-refractivity contribution in [3.63, 3.8) is 0 Å². The fourth-order valence-electron chi connectivity index (χ4n) is 7.31. The molecule has 9 nitrogen and oxygen atoms in total. The number of rotatable bonds is 6. The maximum atomic E-state index is 12.8. The van der Waals surface area contributed by atoms with Crippen LogP contribution in [-0.2, 0) is 6.54 Å². The minimum absolute atomic E-state index is 0.0826. The molecule has 0 aliphatic carbocycles. The third-order valence-corrected chi connectivity index (χ3v) is 13.7. The molecule has 2 aliphatic rings. The van der Waals surface area contributed by atoms with Crippen LogP contribution in [0.1, 0.15) is 18.0 Å². The molecule has 4 aromatic carbocycles. The van der Waals surface area contributed by atoms with Crippen LogP contribution in [0.4, 0.5) is 5.88 Å². The molecule has 0 radical (unpaired) electrons. The van der Waals surface area contributed by atoms with Crippen LogP contribution in [0.2, 0.25) is 5.02 Å². The lowest BCUT2D eigenvalue weighted by Crippen LogP contribution is -2.68. The number of nitrogens with zero attached hydrogens (tertiary/aromatic N) is 3. The van der Waals surface area contributed by atoms with Crippen molar-refractivity contribution in [1.29, 1.82) is 0 Å². The van der Waals surface area contributed by atoms with Crippen molar-refractivity contribution < 1.29 is 33.3 Å². The van der Waals surface area contributed by atoms with Crippen molar-refractivity contribution in [2.24, 2.45) is 5.92 Å². The Morgan fingerprint density at radius 3 is 1.80 bits per heavy atom. The number of hydrogen-bond acceptors (Lipinski definition) is 8. The van der Waals surface area contributed by atoms with Crippen LogP contribution < -0.4 is 50.4 Å². The molecule has 0 saturated carbocycles. The predicted molar refractivity (Wildman–Crippen MR) is 185 cm³/mol. The van der Waals surface area contributed by atoms with E-state index in [1.165, 1.54) is 15.9 Å². The summed E-state index contributed by atoms with van der Waals surface area (Å²) < 4.78 is 42.9. The number of hydrogen-bond donors (Lipinski definition) is 0. The number of oxazole rings is 1. The van der Waals surface area contributed by atoms with Crippen LogP contribution in [0, 0.1) is 16.2 Å². The minimum Gasteiger partial charge on any atom is -0.416 e. The molecule has 0 amide bonds. The molecule has 8 rings (SSSR count). The summed E-state index contributed by atoms with van der Waals surface area (Å²) in [6, 6.07) is 45.7. The van der Waals surface area contributed by atoms with Crippen LogP contribution in [0.15, 0.2) is 143 Å². The Labute approximate surface area is 296 Å². The van der Waals surface area contributed by atoms with Gasteiger partial charge in [0.05, 0.1) is 10.6 Å². The fraction of sp³-hybridized carbons (Fsp3) is 0.158. The van der Waals surface area contributed by atoms with Crippen LogP contribution in [0.5, 0.6) is 0 Å². The Bertz CT molecular complexity index is 2040. The molecule has 1 fully saturated rings. The van der Waals surface area contributed by atoms with E-state index in [4.69, 9.17) is 39.6 Å². The van der Waals surface area contributed by atoms with E-state index < -0.39 is 17.5 Å². The predicted octanol–water partition coefficient (Wildman–Crippen LogP) is 1.64. The van der Waals surface area contributed by atoms with Crippen molar-refractivity contribution >= 4 is 46.1 Å². The van der Waals surface area contributed by atoms with E-state index in [2.05, 4.69) is 102 Å². The van der Waals surface area contributed by atoms with Crippen LogP contribution in [0.25, 0.3) is 11.5 Å². The van der Waals surface area contributed by atoms with Gasteiger partial charge in [0.15, 0.2) is 7.26 Å². The van der Waals surface area contributed by atoms with Crippen LogP contribution >= 0.6 is 18.9 Å². The maximum Gasteiger partial charge on any atom is 0.262 e. The Kier molecular flexibility index (Phi) is 9.65. The Hall–Kier alpha value is -4.31. The van der Waals surface area contributed by atoms with E-state index in [9.17, 15) is 4.79 Å². The molecule has 2 aromatic heterocycles. The van der Waals surface area contributed by atoms with Gasteiger partial charge in [0.25, 0.3) is 16.9 Å². The Balaban J connectivity index is 0.000000734. The summed E-state index contributed by atoms with van der Waals surface area (Å²) >= 11 is 6.78. The molecule has 6 aromatic rings. The Morgan fingerprint density at radius 1 is 0.700 bits per heavy atom. The lowest BCUT2D eigenvalue weighted by Gasteiger charge is -2.42. The zero-order valence-electron chi connectivity index (χ0n) is 26.7. The lowest BCUT2D eigenvalue weighted by atomic mass is 9.83. The summed E-state index contributed by atoms with van der Waals surface area (Å²) in [5.74, 6) is 1.84. The first kappa shape index (κ1) is 34.2. The number of halogens is 2. The van der Waals surface area contributed by atoms with E-state index in [1.807, 2.05) is 34.9 Å². The van der Waals surface area contributed by atoms with E-state index in [0.717, 1.165) is 42.1 Å². The summed E-state index contributed by atoms with van der Waals surface area (Å²) in [6.45, 7) is 2.22. The van der Waals surface area contributed by atoms with Gasteiger partial charge in [0.2, 0.25) is 5.89 Å². The highest BCUT2D eigenvalue weighted by atomic mass is 35.7. The normalized spacial score (nSPS) is 17.0. The average molecular weight is 729 g/mol. The molecule has 0 spiro atoms. The van der Waals surface area contributed by atoms with Gasteiger partial charge in [-0.05, 0) is 66.9 Å². The average Bonchev–Trinajstić information content (AvgIpc) is 3.55. The van der Waals surface area contributed by atoms with Crippen molar-refractivity contribution in [3.05, 3.63) is 155 Å². The van der Waals surface area contributed by atoms with Crippen molar-refractivity contribution in [2.75, 3.05) is 18.0 Å². The first-order chi connectivity index (χ1) is 24.1. The standard InChI is InChI=1S/C38H32ClN3O2P.ClHO4/c39-33-20-11-10-19-32(33)36-40-37(38(44-36)41-24-27-23-28(26-41)34-21-12-22-35(43)42(34)25-27)45(29-13-4-1-5-14-29,30-15-6-2-7-16-30)31-17-8-3-9-18-31;2-1(3,4)5/h1-22,27-28H,23-26H2;(H,2,3,4,5)/q+1;/p-1. The molecular formula is C38H32Cl2N3O6P. The first-order valence-corrected chi connectivity index (χ1v) is 19.4. The van der Waals surface area contributed by atoms with Crippen LogP contribution in [-0.4, -0.2) is 22.6 Å². The van der Waals surface area contributed by atoms with Crippen molar-refractivity contribution in [3.8, 4) is 11.5 Å². The van der Waals surface area contributed by atoms with Gasteiger partial charge in [0, 0.05) is 37.3 Å². The number of pyridine rings is 1. The van der Waals surface area contributed by atoms with Crippen molar-refractivity contribution in [2.45, 2.75) is 18.9 Å². The number of anilines is 1. The second-order valence-corrected chi connectivity index (χ2v) is 16.8. The lowest BCUT2D eigenvalue weighted by molar-refractivity contribution is -2.00. The smallest absolute Gasteiger partial charge is 0.262 e. The van der Waals surface area contributed by atoms with Gasteiger partial charge in [-0.2, -0.15) is 4.98 Å². The number of fused-ring (bicyclic) bond motifs is 4. The number of aromatic nitrogens is 2. The molecule has 2 atom stereocenters. The zero-order valence-corrected chi connectivity index (χ0v) is 29.1. The summed E-state index contributed by atoms with van der Waals surface area (Å²) in [5.41, 5.74) is 2.89. The quantitative estimate of drug-likeness (QED) is 0.236. The molecule has 4 heterocycles. The van der Waals surface area contributed by atoms with Gasteiger partial charge < -0.3 is 13.9 Å². The highest BCUT2D eigenvalue weighted by molar-refractivity contribution is 8.01. The van der Waals surface area contributed by atoms with E-state index in [-0.39, 0.29) is 11.5 Å². The van der Waals surface area contributed by atoms with Gasteiger partial charge in [-0.1, -0.05) is 84.4 Å². The Morgan fingerprint density at radius 2 is 1.24 bits per heavy atom. The SMILES string of the molecule is O=c1cccc2n1CC1CC2CN(c2oc(-c3ccccc3Cl)nc2[P+](c2ccccc2)(c2ccccc2)c2ccccc2)C1.[O-][Cl+3]([O-])([O-])[O-]. The van der Waals surface area contributed by atoms with E-state index in [0.29, 0.717) is 23.4 Å². The fourth-order valence-corrected chi connectivity index (χ4v) is 11.7. The van der Waals surface area contributed by atoms with Crippen molar-refractivity contribution in [1.82, 2.24) is 9.55 Å². The third kappa shape index (κ3) is 6.74. The van der Waals surface area contributed by atoms with Gasteiger partial charge in [-0.3, -0.25) is 4.79 Å². The summed E-state index contributed by atoms with van der Waals surface area (Å²) in [4.78, 5) is 20.7. The molecular weight excluding hydrogens is 696 g/mol. The second-order valence-electron chi connectivity index (χ2n) is 12.3. The largest absolute Gasteiger partial charge is 0.416 e. The molecule has 254 valence electrons. The topological polar surface area (TPSA) is 144 Å². The molecule has 1 saturated heterocycles. The highest BCUT2D eigenvalue weighted by Crippen LogP contribution is 2.57. The summed E-state index contributed by atoms with van der Waals surface area (Å²) in [5, 5.41) is 4.22. The maximum absolute atomic E-state index is 12.8. The molecule has 50 heavy (non-hydrogen) atoms. The van der Waals surface area contributed by atoms with Gasteiger partial charge in [-0.15, -0.1) is 10.2 Å². The monoisotopic (exact) mass is 727 g/mol. The van der Waals surface area contributed by atoms with Gasteiger partial charge in [-0.25, -0.2) is 18.6 Å². The molecule has 2 aliphatic heterocycles. The number of benzene rings is 4. The van der Waals surface area contributed by atoms with Crippen LogP contribution in [0.3, 0.4) is 0 Å². The number of piperidine rings is 1. The summed E-state index contributed by atoms with van der Waals surface area (Å²) in [6.07, 6.45) is 1.05. The summed E-state index contributed by atoms with van der Waals surface area (Å²) in [7, 11) is -7.52. The zero-order chi connectivity index (χ0) is 34.9. The van der Waals surface area contributed by atoms with E-state index in [1.54, 1.807) is 6.07 Å². The first-order valence-electron chi connectivity index (χ1n) is 16.0. The highest BCUT2D eigenvalue weighted by Gasteiger charge is 2.54. The van der Waals surface area contributed by atoms with Gasteiger partial charge >= 0.3 is 0 Å².